The number of piperidine rings is 1. The first kappa shape index (κ1) is 24.4. The molecule has 1 aromatic heterocycles. The minimum absolute atomic E-state index is 0.0203. The number of amides is 2. The molecule has 10 heteroatoms. The van der Waals surface area contributed by atoms with Crippen molar-refractivity contribution in [3.63, 3.8) is 0 Å². The van der Waals surface area contributed by atoms with E-state index in [1.165, 1.54) is 0 Å². The van der Waals surface area contributed by atoms with Crippen LogP contribution in [-0.2, 0) is 9.59 Å². The highest BCUT2D eigenvalue weighted by Crippen LogP contribution is 2.43. The van der Waals surface area contributed by atoms with Gasteiger partial charge in [0.05, 0.1) is 17.1 Å². The summed E-state index contributed by atoms with van der Waals surface area (Å²) < 4.78 is 31.7. The van der Waals surface area contributed by atoms with Gasteiger partial charge in [0.25, 0.3) is 5.91 Å². The molecular weight excluding hydrogens is 415 g/mol. The molecule has 0 unspecified atom stereocenters. The number of hydrogen-bond donors (Lipinski definition) is 1. The summed E-state index contributed by atoms with van der Waals surface area (Å²) in [5.74, 6) is -2.55. The molecule has 0 aliphatic carbocycles. The Balaban J connectivity index is 0.000000423. The van der Waals surface area contributed by atoms with Crippen LogP contribution in [0.15, 0.2) is 37.2 Å². The number of likely N-dealkylation sites (tertiary alicyclic amines) is 2. The number of pyridine rings is 1. The highest BCUT2D eigenvalue weighted by Gasteiger charge is 2.53. The quantitative estimate of drug-likeness (QED) is 0.725. The summed E-state index contributed by atoms with van der Waals surface area (Å²) in [5.41, 5.74) is 0.378. The van der Waals surface area contributed by atoms with Gasteiger partial charge in [-0.3, -0.25) is 14.6 Å². The highest BCUT2D eigenvalue weighted by molar-refractivity contribution is 5.94. The maximum absolute atomic E-state index is 13.0. The number of nitrogens with zero attached hydrogens (tertiary/aromatic N) is 3. The van der Waals surface area contributed by atoms with E-state index in [1.54, 1.807) is 24.5 Å². The van der Waals surface area contributed by atoms with E-state index in [-0.39, 0.29) is 23.4 Å². The molecule has 2 amide bonds. The monoisotopic (exact) mass is 441 g/mol. The number of carboxylic acids is 1. The van der Waals surface area contributed by atoms with Crippen molar-refractivity contribution in [2.75, 3.05) is 13.1 Å². The van der Waals surface area contributed by atoms with Crippen LogP contribution in [-0.4, -0.2) is 68.5 Å². The number of carboxylic acid groups (broad SMARTS) is 1. The Morgan fingerprint density at radius 3 is 2.58 bits per heavy atom. The third-order valence-corrected chi connectivity index (χ3v) is 5.73. The summed E-state index contributed by atoms with van der Waals surface area (Å²) in [6.07, 6.45) is 4.12. The van der Waals surface area contributed by atoms with Gasteiger partial charge in [-0.1, -0.05) is 13.0 Å². The van der Waals surface area contributed by atoms with E-state index in [2.05, 4.69) is 18.5 Å². The van der Waals surface area contributed by atoms with Crippen molar-refractivity contribution in [2.24, 2.45) is 0 Å². The van der Waals surface area contributed by atoms with Gasteiger partial charge in [0.1, 0.15) is 0 Å². The number of carbonyl (C=O) groups is 3. The normalized spacial score (nSPS) is 23.4. The zero-order valence-corrected chi connectivity index (χ0v) is 17.3. The molecule has 0 bridgehead atoms. The molecule has 2 aliphatic heterocycles. The van der Waals surface area contributed by atoms with E-state index < -0.39 is 12.1 Å². The topological polar surface area (TPSA) is 90.8 Å². The second-order valence-corrected chi connectivity index (χ2v) is 7.47. The van der Waals surface area contributed by atoms with Crippen LogP contribution < -0.4 is 0 Å². The fourth-order valence-electron chi connectivity index (χ4n) is 4.53. The number of carbonyl (C=O) groups excluding carboxylic acids is 2. The number of hydrogen-bond acceptors (Lipinski definition) is 4. The zero-order valence-electron chi connectivity index (χ0n) is 17.3. The van der Waals surface area contributed by atoms with Crippen LogP contribution >= 0.6 is 0 Å². The van der Waals surface area contributed by atoms with E-state index in [9.17, 15) is 22.8 Å². The Morgan fingerprint density at radius 2 is 2.06 bits per heavy atom. The van der Waals surface area contributed by atoms with Gasteiger partial charge in [0, 0.05) is 31.9 Å². The average Bonchev–Trinajstić information content (AvgIpc) is 3.04. The Labute approximate surface area is 178 Å². The molecule has 2 saturated heterocycles. The summed E-state index contributed by atoms with van der Waals surface area (Å²) in [5, 5.41) is 7.12. The van der Waals surface area contributed by atoms with Crippen molar-refractivity contribution in [1.29, 1.82) is 0 Å². The third kappa shape index (κ3) is 5.23. The Morgan fingerprint density at radius 1 is 1.39 bits per heavy atom. The van der Waals surface area contributed by atoms with Gasteiger partial charge in [-0.25, -0.2) is 4.79 Å². The minimum atomic E-state index is -5.08. The van der Waals surface area contributed by atoms with Crippen molar-refractivity contribution < 1.29 is 32.7 Å². The van der Waals surface area contributed by atoms with Gasteiger partial charge >= 0.3 is 12.1 Å². The van der Waals surface area contributed by atoms with Gasteiger partial charge in [-0.15, -0.1) is 6.58 Å². The summed E-state index contributed by atoms with van der Waals surface area (Å²) in [7, 11) is 0. The van der Waals surface area contributed by atoms with Crippen LogP contribution in [0.2, 0.25) is 0 Å². The SMILES string of the molecule is C=CCN1C(=O)CC[C@]12CCCN(C(=O)c1cccnc1)[C@H]2CC.O=C(O)C(F)(F)F. The van der Waals surface area contributed by atoms with Crippen molar-refractivity contribution in [2.45, 2.75) is 56.8 Å². The average molecular weight is 441 g/mol. The van der Waals surface area contributed by atoms with E-state index in [1.807, 2.05) is 15.9 Å². The number of rotatable bonds is 4. The molecule has 1 aromatic rings. The first-order valence-electron chi connectivity index (χ1n) is 10.0. The van der Waals surface area contributed by atoms with Crippen LogP contribution in [0.3, 0.4) is 0 Å². The zero-order chi connectivity index (χ0) is 23.2. The smallest absolute Gasteiger partial charge is 0.475 e. The van der Waals surface area contributed by atoms with E-state index in [0.717, 1.165) is 32.2 Å². The Hall–Kier alpha value is -2.91. The largest absolute Gasteiger partial charge is 0.490 e. The highest BCUT2D eigenvalue weighted by atomic mass is 19.4. The van der Waals surface area contributed by atoms with Crippen molar-refractivity contribution >= 4 is 17.8 Å². The maximum atomic E-state index is 13.0. The predicted octanol–water partition coefficient (Wildman–Crippen LogP) is 3.28. The molecule has 7 nitrogen and oxygen atoms in total. The van der Waals surface area contributed by atoms with Gasteiger partial charge in [-0.2, -0.15) is 13.2 Å². The van der Waals surface area contributed by atoms with E-state index in [0.29, 0.717) is 18.5 Å². The molecule has 2 aliphatic rings. The first-order valence-corrected chi connectivity index (χ1v) is 10.0. The fourth-order valence-corrected chi connectivity index (χ4v) is 4.53. The molecular formula is C21H26F3N3O4. The molecule has 0 aromatic carbocycles. The van der Waals surface area contributed by atoms with E-state index >= 15 is 0 Å². The van der Waals surface area contributed by atoms with E-state index in [4.69, 9.17) is 9.90 Å². The van der Waals surface area contributed by atoms with Crippen molar-refractivity contribution in [3.8, 4) is 0 Å². The number of alkyl halides is 3. The molecule has 3 heterocycles. The van der Waals surface area contributed by atoms with Crippen LogP contribution in [0.4, 0.5) is 13.2 Å². The molecule has 2 atom stereocenters. The molecule has 2 fully saturated rings. The van der Waals surface area contributed by atoms with Crippen molar-refractivity contribution in [1.82, 2.24) is 14.8 Å². The predicted molar refractivity (Wildman–Crippen MR) is 106 cm³/mol. The summed E-state index contributed by atoms with van der Waals surface area (Å²) >= 11 is 0. The standard InChI is InChI=1S/C19H25N3O2.C2HF3O2/c1-3-12-22-17(23)8-10-19(22)9-6-13-21(16(19)4-2)18(24)15-7-5-11-20-14-15;3-2(4,5)1(6)7/h3,5,7,11,14,16H,1,4,6,8-10,12-13H2,2H3;(H,6,7)/t16-,19-;/m0./s1. The molecule has 31 heavy (non-hydrogen) atoms. The number of aliphatic carboxylic acids is 1. The summed E-state index contributed by atoms with van der Waals surface area (Å²) in [6, 6.07) is 3.65. The lowest BCUT2D eigenvalue weighted by Gasteiger charge is -2.52. The molecule has 170 valence electrons. The lowest BCUT2D eigenvalue weighted by Crippen LogP contribution is -2.64. The van der Waals surface area contributed by atoms with Gasteiger partial charge in [0.15, 0.2) is 0 Å². The molecule has 1 N–H and O–H groups in total. The summed E-state index contributed by atoms with van der Waals surface area (Å²) in [4.78, 5) is 42.3. The molecule has 1 spiro atoms. The molecule has 0 saturated carbocycles. The Kier molecular flexibility index (Phi) is 7.80. The molecule has 3 rings (SSSR count). The van der Waals surface area contributed by atoms with Crippen LogP contribution in [0.5, 0.6) is 0 Å². The Bertz CT molecular complexity index is 816. The second-order valence-electron chi connectivity index (χ2n) is 7.47. The second kappa shape index (κ2) is 9.93. The van der Waals surface area contributed by atoms with Crippen molar-refractivity contribution in [3.05, 3.63) is 42.7 Å². The number of halogens is 3. The van der Waals surface area contributed by atoms with Crippen LogP contribution in [0, 0.1) is 0 Å². The van der Waals surface area contributed by atoms with Gasteiger partial charge in [-0.05, 0) is 37.8 Å². The summed E-state index contributed by atoms with van der Waals surface area (Å²) in [6.45, 7) is 7.21. The van der Waals surface area contributed by atoms with Gasteiger partial charge < -0.3 is 14.9 Å². The lowest BCUT2D eigenvalue weighted by atomic mass is 9.77. The van der Waals surface area contributed by atoms with Gasteiger partial charge in [0.2, 0.25) is 5.91 Å². The fraction of sp³-hybridized carbons (Fsp3) is 0.524. The first-order chi connectivity index (χ1) is 14.6. The van der Waals surface area contributed by atoms with Crippen LogP contribution in [0.1, 0.15) is 49.4 Å². The third-order valence-electron chi connectivity index (χ3n) is 5.73. The lowest BCUT2D eigenvalue weighted by molar-refractivity contribution is -0.192. The maximum Gasteiger partial charge on any atom is 0.490 e. The van der Waals surface area contributed by atoms with Crippen LogP contribution in [0.25, 0.3) is 0 Å². The molecule has 0 radical (unpaired) electrons. The minimum Gasteiger partial charge on any atom is -0.475 e. The number of aromatic nitrogens is 1.